The summed E-state index contributed by atoms with van der Waals surface area (Å²) in [6.45, 7) is 1.97. The topological polar surface area (TPSA) is 12.9 Å². The second kappa shape index (κ2) is 5.35. The molecule has 0 N–H and O–H groups in total. The molecule has 0 radical (unpaired) electrons. The predicted octanol–water partition coefficient (Wildman–Crippen LogP) is 4.87. The minimum atomic E-state index is 0.561. The molecule has 0 atom stereocenters. The van der Waals surface area contributed by atoms with Gasteiger partial charge in [0.25, 0.3) is 0 Å². The number of halogens is 2. The Bertz CT molecular complexity index is 562. The van der Waals surface area contributed by atoms with E-state index in [4.69, 9.17) is 23.2 Å². The lowest BCUT2D eigenvalue weighted by Gasteiger charge is -1.98. The van der Waals surface area contributed by atoms with Gasteiger partial charge in [-0.3, -0.25) is 4.98 Å². The van der Waals surface area contributed by atoms with E-state index in [0.717, 1.165) is 17.0 Å². The summed E-state index contributed by atoms with van der Waals surface area (Å²) in [6, 6.07) is 11.4. The quantitative estimate of drug-likeness (QED) is 0.754. The fraction of sp³-hybridized carbons (Fsp3) is 0.0714. The lowest BCUT2D eigenvalue weighted by Crippen LogP contribution is -1.83. The maximum Gasteiger partial charge on any atom is 0.0633 e. The normalized spacial score (nSPS) is 11.0. The average molecular weight is 264 g/mol. The van der Waals surface area contributed by atoms with E-state index in [-0.39, 0.29) is 0 Å². The van der Waals surface area contributed by atoms with Crippen LogP contribution >= 0.6 is 23.2 Å². The Morgan fingerprint density at radius 2 is 1.82 bits per heavy atom. The third kappa shape index (κ3) is 3.32. The molecule has 2 rings (SSSR count). The van der Waals surface area contributed by atoms with Crippen LogP contribution in [0.15, 0.2) is 36.4 Å². The minimum Gasteiger partial charge on any atom is -0.254 e. The first-order valence-corrected chi connectivity index (χ1v) is 5.97. The van der Waals surface area contributed by atoms with E-state index >= 15 is 0 Å². The van der Waals surface area contributed by atoms with Gasteiger partial charge in [0.15, 0.2) is 0 Å². The Hall–Kier alpha value is -1.31. The highest BCUT2D eigenvalue weighted by Crippen LogP contribution is 2.23. The monoisotopic (exact) mass is 263 g/mol. The van der Waals surface area contributed by atoms with Crippen LogP contribution in [0.3, 0.4) is 0 Å². The molecular formula is C14H11Cl2N. The van der Waals surface area contributed by atoms with Crippen LogP contribution in [0.2, 0.25) is 10.0 Å². The standard InChI is InChI=1S/C14H11Cl2N/c1-10-3-2-4-12(17-10)7-5-11-6-8-13(15)14(16)9-11/h2-9H,1H3. The van der Waals surface area contributed by atoms with Crippen LogP contribution < -0.4 is 0 Å². The number of pyridine rings is 1. The van der Waals surface area contributed by atoms with Crippen LogP contribution in [-0.4, -0.2) is 4.98 Å². The van der Waals surface area contributed by atoms with Crippen molar-refractivity contribution >= 4 is 35.4 Å². The fourth-order valence-corrected chi connectivity index (χ4v) is 1.76. The van der Waals surface area contributed by atoms with Gasteiger partial charge in [-0.1, -0.05) is 41.4 Å². The number of aromatic nitrogens is 1. The molecule has 1 aromatic heterocycles. The number of nitrogens with zero attached hydrogens (tertiary/aromatic N) is 1. The first-order valence-electron chi connectivity index (χ1n) is 5.22. The molecule has 0 bridgehead atoms. The number of hydrogen-bond acceptors (Lipinski definition) is 1. The van der Waals surface area contributed by atoms with Crippen molar-refractivity contribution in [3.8, 4) is 0 Å². The Kier molecular flexibility index (Phi) is 3.82. The molecule has 0 saturated carbocycles. The Labute approximate surface area is 111 Å². The van der Waals surface area contributed by atoms with Gasteiger partial charge in [0.05, 0.1) is 15.7 Å². The van der Waals surface area contributed by atoms with Crippen LogP contribution in [0, 0.1) is 6.92 Å². The van der Waals surface area contributed by atoms with Crippen LogP contribution in [0.5, 0.6) is 0 Å². The number of hydrogen-bond donors (Lipinski definition) is 0. The minimum absolute atomic E-state index is 0.561. The number of benzene rings is 1. The zero-order valence-electron chi connectivity index (χ0n) is 9.32. The van der Waals surface area contributed by atoms with Crippen molar-refractivity contribution in [2.24, 2.45) is 0 Å². The van der Waals surface area contributed by atoms with Crippen LogP contribution in [-0.2, 0) is 0 Å². The molecule has 0 spiro atoms. The van der Waals surface area contributed by atoms with Crippen molar-refractivity contribution in [1.29, 1.82) is 0 Å². The molecule has 1 nitrogen and oxygen atoms in total. The molecular weight excluding hydrogens is 253 g/mol. The van der Waals surface area contributed by atoms with Gasteiger partial charge in [-0.05, 0) is 42.8 Å². The van der Waals surface area contributed by atoms with E-state index in [0.29, 0.717) is 10.0 Å². The molecule has 86 valence electrons. The SMILES string of the molecule is Cc1cccc(C=Cc2ccc(Cl)c(Cl)c2)n1. The van der Waals surface area contributed by atoms with Gasteiger partial charge in [-0.25, -0.2) is 0 Å². The van der Waals surface area contributed by atoms with Gasteiger partial charge in [0.2, 0.25) is 0 Å². The highest BCUT2D eigenvalue weighted by molar-refractivity contribution is 6.42. The third-order valence-electron chi connectivity index (χ3n) is 2.30. The third-order valence-corrected chi connectivity index (χ3v) is 3.04. The number of aryl methyl sites for hydroxylation is 1. The van der Waals surface area contributed by atoms with Crippen LogP contribution in [0.4, 0.5) is 0 Å². The van der Waals surface area contributed by atoms with Crippen molar-refractivity contribution in [1.82, 2.24) is 4.98 Å². The first kappa shape index (κ1) is 12.2. The van der Waals surface area contributed by atoms with Crippen molar-refractivity contribution in [3.05, 3.63) is 63.4 Å². The Balaban J connectivity index is 2.23. The lowest BCUT2D eigenvalue weighted by molar-refractivity contribution is 1.18. The molecule has 0 amide bonds. The summed E-state index contributed by atoms with van der Waals surface area (Å²) in [5.41, 5.74) is 2.93. The van der Waals surface area contributed by atoms with Crippen molar-refractivity contribution in [2.45, 2.75) is 6.92 Å². The van der Waals surface area contributed by atoms with Crippen molar-refractivity contribution < 1.29 is 0 Å². The lowest BCUT2D eigenvalue weighted by atomic mass is 10.2. The van der Waals surface area contributed by atoms with E-state index in [1.165, 1.54) is 0 Å². The van der Waals surface area contributed by atoms with Crippen molar-refractivity contribution in [3.63, 3.8) is 0 Å². The van der Waals surface area contributed by atoms with Gasteiger partial charge in [0.1, 0.15) is 0 Å². The molecule has 0 saturated heterocycles. The molecule has 0 fully saturated rings. The number of rotatable bonds is 2. The predicted molar refractivity (Wildman–Crippen MR) is 74.4 cm³/mol. The zero-order valence-corrected chi connectivity index (χ0v) is 10.8. The smallest absolute Gasteiger partial charge is 0.0633 e. The average Bonchev–Trinajstić information content (AvgIpc) is 2.31. The summed E-state index contributed by atoms with van der Waals surface area (Å²) in [5.74, 6) is 0. The second-order valence-corrected chi connectivity index (χ2v) is 4.53. The summed E-state index contributed by atoms with van der Waals surface area (Å²) in [7, 11) is 0. The maximum absolute atomic E-state index is 5.94. The molecule has 0 aliphatic heterocycles. The van der Waals surface area contributed by atoms with Crippen LogP contribution in [0.1, 0.15) is 17.0 Å². The molecule has 17 heavy (non-hydrogen) atoms. The van der Waals surface area contributed by atoms with Gasteiger partial charge in [-0.15, -0.1) is 0 Å². The summed E-state index contributed by atoms with van der Waals surface area (Å²) in [4.78, 5) is 4.38. The largest absolute Gasteiger partial charge is 0.254 e. The summed E-state index contributed by atoms with van der Waals surface area (Å²) in [5, 5.41) is 1.13. The van der Waals surface area contributed by atoms with E-state index in [1.807, 2.05) is 49.4 Å². The molecule has 3 heteroatoms. The van der Waals surface area contributed by atoms with E-state index < -0.39 is 0 Å². The maximum atomic E-state index is 5.94. The highest BCUT2D eigenvalue weighted by atomic mass is 35.5. The fourth-order valence-electron chi connectivity index (χ4n) is 1.45. The summed E-state index contributed by atoms with van der Waals surface area (Å²) < 4.78 is 0. The van der Waals surface area contributed by atoms with E-state index in [2.05, 4.69) is 4.98 Å². The van der Waals surface area contributed by atoms with Crippen LogP contribution in [0.25, 0.3) is 12.2 Å². The second-order valence-electron chi connectivity index (χ2n) is 3.71. The van der Waals surface area contributed by atoms with Gasteiger partial charge in [-0.2, -0.15) is 0 Å². The van der Waals surface area contributed by atoms with Crippen molar-refractivity contribution in [2.75, 3.05) is 0 Å². The first-order chi connectivity index (χ1) is 8.15. The van der Waals surface area contributed by atoms with Gasteiger partial charge in [0, 0.05) is 5.69 Å². The molecule has 1 aromatic carbocycles. The van der Waals surface area contributed by atoms with Gasteiger partial charge >= 0.3 is 0 Å². The Morgan fingerprint density at radius 1 is 1.00 bits per heavy atom. The molecule has 0 aliphatic rings. The summed E-state index contributed by atoms with van der Waals surface area (Å²) >= 11 is 11.8. The Morgan fingerprint density at radius 3 is 2.53 bits per heavy atom. The summed E-state index contributed by atoms with van der Waals surface area (Å²) in [6.07, 6.45) is 3.91. The van der Waals surface area contributed by atoms with E-state index in [1.54, 1.807) is 6.07 Å². The molecule has 1 heterocycles. The molecule has 2 aromatic rings. The molecule has 0 aliphatic carbocycles. The highest BCUT2D eigenvalue weighted by Gasteiger charge is 1.96. The zero-order chi connectivity index (χ0) is 12.3. The van der Waals surface area contributed by atoms with E-state index in [9.17, 15) is 0 Å². The van der Waals surface area contributed by atoms with Gasteiger partial charge < -0.3 is 0 Å². The molecule has 0 unspecified atom stereocenters.